The molecule has 1 aromatic heterocycles. The van der Waals surface area contributed by atoms with E-state index in [2.05, 4.69) is 4.98 Å². The maximum atomic E-state index is 13.3. The zero-order valence-electron chi connectivity index (χ0n) is 13.2. The molecule has 0 unspecified atom stereocenters. The molecule has 1 aliphatic heterocycles. The van der Waals surface area contributed by atoms with Gasteiger partial charge in [0.25, 0.3) is 0 Å². The predicted octanol–water partition coefficient (Wildman–Crippen LogP) is 2.83. The summed E-state index contributed by atoms with van der Waals surface area (Å²) in [5.41, 5.74) is 0.823. The van der Waals surface area contributed by atoms with E-state index in [1.54, 1.807) is 6.07 Å². The van der Waals surface area contributed by atoms with E-state index < -0.39 is 15.8 Å². The van der Waals surface area contributed by atoms with Gasteiger partial charge in [-0.05, 0) is 30.3 Å². The van der Waals surface area contributed by atoms with Crippen molar-refractivity contribution in [1.82, 2.24) is 9.29 Å². The van der Waals surface area contributed by atoms with Crippen molar-refractivity contribution >= 4 is 20.9 Å². The van der Waals surface area contributed by atoms with Crippen molar-refractivity contribution in [2.24, 2.45) is 0 Å². The lowest BCUT2D eigenvalue weighted by Crippen LogP contribution is -2.56. The van der Waals surface area contributed by atoms with Crippen LogP contribution in [0.3, 0.4) is 0 Å². The number of nitrogens with zero attached hydrogens (tertiary/aromatic N) is 2. The van der Waals surface area contributed by atoms with Gasteiger partial charge in [-0.2, -0.15) is 4.31 Å². The monoisotopic (exact) mass is 358 g/mol. The fraction of sp³-hybridized carbons (Fsp3) is 0.167. The number of rotatable bonds is 4. The van der Waals surface area contributed by atoms with Gasteiger partial charge in [-0.3, -0.25) is 0 Å². The molecule has 0 spiro atoms. The normalized spacial score (nSPS) is 15.9. The maximum absolute atomic E-state index is 13.3. The Kier molecular flexibility index (Phi) is 3.89. The first kappa shape index (κ1) is 16.0. The average Bonchev–Trinajstić information content (AvgIpc) is 2.57. The van der Waals surface area contributed by atoms with Crippen molar-refractivity contribution in [3.63, 3.8) is 0 Å². The van der Waals surface area contributed by atoms with Crippen molar-refractivity contribution in [3.05, 3.63) is 66.5 Å². The minimum absolute atomic E-state index is 0.0465. The third kappa shape index (κ3) is 3.08. The highest BCUT2D eigenvalue weighted by Crippen LogP contribution is 2.25. The lowest BCUT2D eigenvalue weighted by molar-refractivity contribution is 0.0724. The Labute approximate surface area is 144 Å². The molecule has 5 nitrogen and oxygen atoms in total. The first-order valence-corrected chi connectivity index (χ1v) is 9.24. The van der Waals surface area contributed by atoms with Crippen LogP contribution in [0.1, 0.15) is 0 Å². The van der Waals surface area contributed by atoms with E-state index in [1.807, 2.05) is 30.3 Å². The van der Waals surface area contributed by atoms with Gasteiger partial charge in [-0.25, -0.2) is 17.8 Å². The number of hydrogen-bond acceptors (Lipinski definition) is 4. The van der Waals surface area contributed by atoms with Gasteiger partial charge in [0.15, 0.2) is 0 Å². The number of halogens is 1. The van der Waals surface area contributed by atoms with Crippen molar-refractivity contribution in [2.75, 3.05) is 13.1 Å². The summed E-state index contributed by atoms with van der Waals surface area (Å²) in [6.07, 6.45) is -0.267. The highest BCUT2D eigenvalue weighted by molar-refractivity contribution is 7.89. The number of sulfonamides is 1. The molecule has 0 aliphatic carbocycles. The van der Waals surface area contributed by atoms with Crippen molar-refractivity contribution in [1.29, 1.82) is 0 Å². The predicted molar refractivity (Wildman–Crippen MR) is 91.3 cm³/mol. The van der Waals surface area contributed by atoms with Crippen LogP contribution in [0.2, 0.25) is 0 Å². The van der Waals surface area contributed by atoms with Gasteiger partial charge in [0, 0.05) is 11.5 Å². The summed E-state index contributed by atoms with van der Waals surface area (Å²) in [6, 6.07) is 16.4. The largest absolute Gasteiger partial charge is 0.472 e. The molecular weight excluding hydrogens is 343 g/mol. The molecule has 2 aromatic carbocycles. The van der Waals surface area contributed by atoms with Crippen LogP contribution in [0.5, 0.6) is 5.88 Å². The number of benzene rings is 2. The zero-order chi connectivity index (χ0) is 17.4. The highest BCUT2D eigenvalue weighted by Gasteiger charge is 2.38. The Hall–Kier alpha value is -2.51. The third-order valence-electron chi connectivity index (χ3n) is 4.11. The summed E-state index contributed by atoms with van der Waals surface area (Å²) >= 11 is 0. The van der Waals surface area contributed by atoms with Crippen LogP contribution in [-0.2, 0) is 10.0 Å². The second kappa shape index (κ2) is 6.09. The van der Waals surface area contributed by atoms with Crippen molar-refractivity contribution in [2.45, 2.75) is 11.0 Å². The number of hydrogen-bond donors (Lipinski definition) is 0. The van der Waals surface area contributed by atoms with Gasteiger partial charge in [-0.15, -0.1) is 0 Å². The lowest BCUT2D eigenvalue weighted by Gasteiger charge is -2.37. The van der Waals surface area contributed by atoms with E-state index in [1.165, 1.54) is 22.5 Å². The van der Waals surface area contributed by atoms with Gasteiger partial charge in [0.05, 0.1) is 23.5 Å². The first-order chi connectivity index (χ1) is 12.0. The second-order valence-corrected chi connectivity index (χ2v) is 7.80. The van der Waals surface area contributed by atoms with Crippen LogP contribution in [0, 0.1) is 5.82 Å². The van der Waals surface area contributed by atoms with E-state index in [0.717, 1.165) is 17.0 Å². The quantitative estimate of drug-likeness (QED) is 0.720. The summed E-state index contributed by atoms with van der Waals surface area (Å²) in [5, 5.41) is 1.01. The number of para-hydroxylation sites is 1. The number of pyridine rings is 1. The molecule has 0 atom stereocenters. The van der Waals surface area contributed by atoms with Gasteiger partial charge >= 0.3 is 0 Å². The van der Waals surface area contributed by atoms with Crippen LogP contribution in [0.4, 0.5) is 4.39 Å². The van der Waals surface area contributed by atoms with E-state index in [4.69, 9.17) is 4.74 Å². The molecule has 0 bridgehead atoms. The molecule has 2 heterocycles. The molecule has 0 N–H and O–H groups in total. The van der Waals surface area contributed by atoms with Gasteiger partial charge in [-0.1, -0.05) is 24.3 Å². The van der Waals surface area contributed by atoms with E-state index in [-0.39, 0.29) is 24.1 Å². The Morgan fingerprint density at radius 1 is 1.04 bits per heavy atom. The summed E-state index contributed by atoms with van der Waals surface area (Å²) in [7, 11) is -3.69. The van der Waals surface area contributed by atoms with Gasteiger partial charge in [0.1, 0.15) is 11.9 Å². The molecule has 0 amide bonds. The average molecular weight is 358 g/mol. The minimum atomic E-state index is -3.69. The van der Waals surface area contributed by atoms with Crippen molar-refractivity contribution in [3.8, 4) is 5.88 Å². The summed E-state index contributed by atoms with van der Waals surface area (Å²) in [6.45, 7) is 0.431. The highest BCUT2D eigenvalue weighted by atomic mass is 32.2. The lowest BCUT2D eigenvalue weighted by atomic mass is 10.2. The van der Waals surface area contributed by atoms with Gasteiger partial charge < -0.3 is 4.74 Å². The molecular formula is C18H15FN2O3S. The number of fused-ring (bicyclic) bond motifs is 1. The van der Waals surface area contributed by atoms with Crippen LogP contribution in [0.25, 0.3) is 10.9 Å². The van der Waals surface area contributed by atoms with Crippen LogP contribution >= 0.6 is 0 Å². The Morgan fingerprint density at radius 3 is 2.64 bits per heavy atom. The fourth-order valence-corrected chi connectivity index (χ4v) is 4.27. The maximum Gasteiger partial charge on any atom is 0.243 e. The molecule has 1 aliphatic rings. The number of aromatic nitrogens is 1. The molecule has 3 aromatic rings. The molecule has 1 fully saturated rings. The van der Waals surface area contributed by atoms with Crippen LogP contribution in [0.15, 0.2) is 65.6 Å². The smallest absolute Gasteiger partial charge is 0.243 e. The summed E-state index contributed by atoms with van der Waals surface area (Å²) in [5.74, 6) is -0.110. The summed E-state index contributed by atoms with van der Waals surface area (Å²) in [4.78, 5) is 4.37. The summed E-state index contributed by atoms with van der Waals surface area (Å²) < 4.78 is 45.1. The Balaban J connectivity index is 1.44. The van der Waals surface area contributed by atoms with E-state index >= 15 is 0 Å². The van der Waals surface area contributed by atoms with Crippen LogP contribution in [-0.4, -0.2) is 36.9 Å². The zero-order valence-corrected chi connectivity index (χ0v) is 14.0. The molecule has 7 heteroatoms. The molecule has 128 valence electrons. The molecule has 4 rings (SSSR count). The minimum Gasteiger partial charge on any atom is -0.472 e. The molecule has 25 heavy (non-hydrogen) atoms. The Morgan fingerprint density at radius 2 is 1.84 bits per heavy atom. The molecule has 1 saturated heterocycles. The third-order valence-corrected chi connectivity index (χ3v) is 5.94. The van der Waals surface area contributed by atoms with E-state index in [0.29, 0.717) is 5.88 Å². The molecule has 0 radical (unpaired) electrons. The SMILES string of the molecule is O=S(=O)(c1cccc(F)c1)N1CC(Oc2ccc3ccccc3n2)C1. The first-order valence-electron chi connectivity index (χ1n) is 7.80. The standard InChI is InChI=1S/C18H15FN2O3S/c19-14-5-3-6-16(10-14)25(22,23)21-11-15(12-21)24-18-9-8-13-4-1-2-7-17(13)20-18/h1-10,15H,11-12H2. The fourth-order valence-electron chi connectivity index (χ4n) is 2.73. The second-order valence-electron chi connectivity index (χ2n) is 5.86. The molecule has 0 saturated carbocycles. The van der Waals surface area contributed by atoms with Gasteiger partial charge in [0.2, 0.25) is 15.9 Å². The van der Waals surface area contributed by atoms with Crippen LogP contribution < -0.4 is 4.74 Å². The Bertz CT molecular complexity index is 1030. The van der Waals surface area contributed by atoms with E-state index in [9.17, 15) is 12.8 Å². The topological polar surface area (TPSA) is 59.5 Å². The van der Waals surface area contributed by atoms with Crippen molar-refractivity contribution < 1.29 is 17.5 Å². The number of ether oxygens (including phenoxy) is 1.